The van der Waals surface area contributed by atoms with Crippen molar-refractivity contribution in [3.63, 3.8) is 0 Å². The quantitative estimate of drug-likeness (QED) is 0.723. The normalized spacial score (nSPS) is 11.9. The van der Waals surface area contributed by atoms with Crippen molar-refractivity contribution in [3.05, 3.63) is 71.5 Å². The first-order chi connectivity index (χ1) is 12.1. The van der Waals surface area contributed by atoms with Crippen LogP contribution in [-0.2, 0) is 11.2 Å². The zero-order valence-electron chi connectivity index (χ0n) is 14.1. The predicted octanol–water partition coefficient (Wildman–Crippen LogP) is 3.58. The molecule has 0 radical (unpaired) electrons. The van der Waals surface area contributed by atoms with Crippen LogP contribution in [0.15, 0.2) is 59.0 Å². The number of furan rings is 1. The van der Waals surface area contributed by atoms with Crippen LogP contribution in [0.4, 0.5) is 0 Å². The number of fused-ring (bicyclic) bond motifs is 1. The van der Waals surface area contributed by atoms with Crippen molar-refractivity contribution < 1.29 is 18.7 Å². The molecule has 0 spiro atoms. The number of hydrogen-bond donors (Lipinski definition) is 1. The molecule has 3 rings (SSSR count). The summed E-state index contributed by atoms with van der Waals surface area (Å²) in [6, 6.07) is 16.1. The maximum absolute atomic E-state index is 12.3. The fourth-order valence-corrected chi connectivity index (χ4v) is 2.67. The Bertz CT molecular complexity index is 862. The van der Waals surface area contributed by atoms with E-state index < -0.39 is 5.97 Å². The van der Waals surface area contributed by atoms with Gasteiger partial charge in [-0.15, -0.1) is 0 Å². The minimum Gasteiger partial charge on any atom is -0.465 e. The van der Waals surface area contributed by atoms with Gasteiger partial charge in [0.2, 0.25) is 0 Å². The second-order valence-electron chi connectivity index (χ2n) is 5.90. The molecule has 5 heteroatoms. The summed E-state index contributed by atoms with van der Waals surface area (Å²) in [5, 5.41) is 3.99. The molecule has 2 aromatic carbocycles. The minimum absolute atomic E-state index is 0.0895. The maximum Gasteiger partial charge on any atom is 0.337 e. The number of ether oxygens (including phenoxy) is 1. The van der Waals surface area contributed by atoms with Gasteiger partial charge in [0, 0.05) is 23.4 Å². The highest BCUT2D eigenvalue weighted by Crippen LogP contribution is 2.19. The summed E-state index contributed by atoms with van der Waals surface area (Å²) in [6.45, 7) is 1.92. The molecule has 1 N–H and O–H groups in total. The monoisotopic (exact) mass is 337 g/mol. The van der Waals surface area contributed by atoms with Crippen molar-refractivity contribution in [2.24, 2.45) is 0 Å². The largest absolute Gasteiger partial charge is 0.465 e. The van der Waals surface area contributed by atoms with E-state index in [-0.39, 0.29) is 11.9 Å². The SMILES string of the molecule is COC(=O)c1ccc(C(=O)NC(C)Cc2cc3ccccc3o2)cc1. The minimum atomic E-state index is -0.426. The number of rotatable bonds is 5. The molecule has 1 unspecified atom stereocenters. The van der Waals surface area contributed by atoms with Crippen molar-refractivity contribution in [1.82, 2.24) is 5.32 Å². The van der Waals surface area contributed by atoms with Gasteiger partial charge in [0.1, 0.15) is 11.3 Å². The van der Waals surface area contributed by atoms with Gasteiger partial charge in [-0.1, -0.05) is 18.2 Å². The smallest absolute Gasteiger partial charge is 0.337 e. The molecule has 25 heavy (non-hydrogen) atoms. The molecule has 0 aliphatic carbocycles. The van der Waals surface area contributed by atoms with E-state index in [1.165, 1.54) is 7.11 Å². The van der Waals surface area contributed by atoms with Crippen molar-refractivity contribution in [1.29, 1.82) is 0 Å². The molecule has 1 heterocycles. The van der Waals surface area contributed by atoms with E-state index in [0.29, 0.717) is 17.5 Å². The molecule has 0 fully saturated rings. The van der Waals surface area contributed by atoms with Crippen molar-refractivity contribution in [2.45, 2.75) is 19.4 Å². The molecular weight excluding hydrogens is 318 g/mol. The fraction of sp³-hybridized carbons (Fsp3) is 0.200. The summed E-state index contributed by atoms with van der Waals surface area (Å²) in [4.78, 5) is 23.7. The van der Waals surface area contributed by atoms with Crippen LogP contribution in [0, 0.1) is 0 Å². The lowest BCUT2D eigenvalue weighted by Gasteiger charge is -2.12. The van der Waals surface area contributed by atoms with Crippen LogP contribution >= 0.6 is 0 Å². The molecule has 5 nitrogen and oxygen atoms in total. The molecule has 0 saturated carbocycles. The number of methoxy groups -OCH3 is 1. The number of para-hydroxylation sites is 1. The third-order valence-corrected chi connectivity index (χ3v) is 3.93. The van der Waals surface area contributed by atoms with Crippen LogP contribution < -0.4 is 5.32 Å². The molecule has 3 aromatic rings. The highest BCUT2D eigenvalue weighted by Gasteiger charge is 2.13. The van der Waals surface area contributed by atoms with Crippen LogP contribution in [-0.4, -0.2) is 25.0 Å². The molecule has 1 amide bonds. The predicted molar refractivity (Wildman–Crippen MR) is 94.6 cm³/mol. The van der Waals surface area contributed by atoms with Gasteiger partial charge < -0.3 is 14.5 Å². The molecule has 128 valence electrons. The summed E-state index contributed by atoms with van der Waals surface area (Å²) in [7, 11) is 1.32. The number of nitrogens with one attached hydrogen (secondary N) is 1. The molecular formula is C20H19NO4. The zero-order chi connectivity index (χ0) is 17.8. The van der Waals surface area contributed by atoms with Crippen molar-refractivity contribution in [3.8, 4) is 0 Å². The molecule has 0 aliphatic heterocycles. The van der Waals surface area contributed by atoms with Gasteiger partial charge in [-0.3, -0.25) is 4.79 Å². The number of benzene rings is 2. The lowest BCUT2D eigenvalue weighted by molar-refractivity contribution is 0.0600. The van der Waals surface area contributed by atoms with Gasteiger partial charge in [-0.25, -0.2) is 4.79 Å². The molecule has 1 aromatic heterocycles. The third-order valence-electron chi connectivity index (χ3n) is 3.93. The van der Waals surface area contributed by atoms with Gasteiger partial charge in [0.15, 0.2) is 0 Å². The number of amides is 1. The lowest BCUT2D eigenvalue weighted by atomic mass is 10.1. The van der Waals surface area contributed by atoms with Gasteiger partial charge in [-0.2, -0.15) is 0 Å². The first-order valence-corrected chi connectivity index (χ1v) is 8.03. The Morgan fingerprint density at radius 1 is 1.08 bits per heavy atom. The van der Waals surface area contributed by atoms with Gasteiger partial charge >= 0.3 is 5.97 Å². The number of carbonyl (C=O) groups is 2. The Morgan fingerprint density at radius 2 is 1.76 bits per heavy atom. The van der Waals surface area contributed by atoms with Crippen LogP contribution in [0.3, 0.4) is 0 Å². The van der Waals surface area contributed by atoms with E-state index in [2.05, 4.69) is 10.1 Å². The number of hydrogen-bond acceptors (Lipinski definition) is 4. The first kappa shape index (κ1) is 16.8. The van der Waals surface area contributed by atoms with E-state index in [0.717, 1.165) is 16.7 Å². The molecule has 0 saturated heterocycles. The Morgan fingerprint density at radius 3 is 2.44 bits per heavy atom. The Kier molecular flexibility index (Phi) is 4.84. The third kappa shape index (κ3) is 3.88. The van der Waals surface area contributed by atoms with E-state index >= 15 is 0 Å². The second kappa shape index (κ2) is 7.21. The van der Waals surface area contributed by atoms with Crippen LogP contribution in [0.1, 0.15) is 33.4 Å². The summed E-state index contributed by atoms with van der Waals surface area (Å²) >= 11 is 0. The average Bonchev–Trinajstić information content (AvgIpc) is 3.03. The number of carbonyl (C=O) groups excluding carboxylic acids is 2. The molecule has 1 atom stereocenters. The fourth-order valence-electron chi connectivity index (χ4n) is 2.67. The summed E-state index contributed by atoms with van der Waals surface area (Å²) < 4.78 is 10.4. The Balaban J connectivity index is 1.62. The van der Waals surface area contributed by atoms with E-state index in [4.69, 9.17) is 4.42 Å². The van der Waals surface area contributed by atoms with Crippen LogP contribution in [0.2, 0.25) is 0 Å². The van der Waals surface area contributed by atoms with E-state index in [1.807, 2.05) is 37.3 Å². The maximum atomic E-state index is 12.3. The standard InChI is InChI=1S/C20H19NO4/c1-13(11-17-12-16-5-3-4-6-18(16)25-17)21-19(22)14-7-9-15(10-8-14)20(23)24-2/h3-10,12-13H,11H2,1-2H3,(H,21,22). The number of esters is 1. The summed E-state index contributed by atoms with van der Waals surface area (Å²) in [5.74, 6) is 0.209. The average molecular weight is 337 g/mol. The van der Waals surface area contributed by atoms with Crippen LogP contribution in [0.25, 0.3) is 11.0 Å². The Hall–Kier alpha value is -3.08. The second-order valence-corrected chi connectivity index (χ2v) is 5.90. The lowest BCUT2D eigenvalue weighted by Crippen LogP contribution is -2.34. The topological polar surface area (TPSA) is 68.5 Å². The van der Waals surface area contributed by atoms with Crippen molar-refractivity contribution >= 4 is 22.8 Å². The molecule has 0 aliphatic rings. The van der Waals surface area contributed by atoms with Gasteiger partial charge in [0.05, 0.1) is 12.7 Å². The van der Waals surface area contributed by atoms with Crippen molar-refractivity contribution in [2.75, 3.05) is 7.11 Å². The summed E-state index contributed by atoms with van der Waals surface area (Å²) in [6.07, 6.45) is 0.598. The van der Waals surface area contributed by atoms with Gasteiger partial charge in [-0.05, 0) is 43.3 Å². The van der Waals surface area contributed by atoms with Gasteiger partial charge in [0.25, 0.3) is 5.91 Å². The summed E-state index contributed by atoms with van der Waals surface area (Å²) in [5.41, 5.74) is 1.74. The van der Waals surface area contributed by atoms with E-state index in [9.17, 15) is 9.59 Å². The first-order valence-electron chi connectivity index (χ1n) is 8.03. The van der Waals surface area contributed by atoms with Crippen LogP contribution in [0.5, 0.6) is 0 Å². The zero-order valence-corrected chi connectivity index (χ0v) is 14.1. The van der Waals surface area contributed by atoms with E-state index in [1.54, 1.807) is 24.3 Å². The molecule has 0 bridgehead atoms. The highest BCUT2D eigenvalue weighted by molar-refractivity contribution is 5.96. The highest BCUT2D eigenvalue weighted by atomic mass is 16.5. The Labute approximate surface area is 145 Å².